The Morgan fingerprint density at radius 3 is 2.58 bits per heavy atom. The van der Waals surface area contributed by atoms with Crippen molar-refractivity contribution in [2.75, 3.05) is 26.9 Å². The predicted molar refractivity (Wildman–Crippen MR) is 100 cm³/mol. The van der Waals surface area contributed by atoms with Gasteiger partial charge in [-0.15, -0.1) is 0 Å². The highest BCUT2D eigenvalue weighted by molar-refractivity contribution is 5.77. The van der Waals surface area contributed by atoms with E-state index in [9.17, 15) is 4.79 Å². The molecule has 3 rings (SSSR count). The molecular formula is C21H25NO4. The molecule has 0 saturated heterocycles. The number of amides is 1. The third-order valence-electron chi connectivity index (χ3n) is 4.46. The van der Waals surface area contributed by atoms with Crippen molar-refractivity contribution in [2.45, 2.75) is 25.7 Å². The van der Waals surface area contributed by atoms with Gasteiger partial charge in [0.2, 0.25) is 0 Å². The number of ether oxygens (including phenoxy) is 3. The van der Waals surface area contributed by atoms with E-state index < -0.39 is 0 Å². The third-order valence-corrected chi connectivity index (χ3v) is 4.46. The molecule has 0 bridgehead atoms. The van der Waals surface area contributed by atoms with Crippen LogP contribution in [-0.2, 0) is 17.6 Å². The molecule has 0 saturated carbocycles. The molecule has 2 aromatic rings. The minimum atomic E-state index is -0.142. The molecular weight excluding hydrogens is 330 g/mol. The van der Waals surface area contributed by atoms with Crippen molar-refractivity contribution in [3.05, 3.63) is 53.6 Å². The number of hydrogen-bond donors (Lipinski definition) is 1. The molecule has 5 heteroatoms. The zero-order valence-electron chi connectivity index (χ0n) is 15.1. The van der Waals surface area contributed by atoms with Crippen LogP contribution in [0.1, 0.15) is 24.0 Å². The monoisotopic (exact) mass is 355 g/mol. The van der Waals surface area contributed by atoms with Gasteiger partial charge in [-0.05, 0) is 67.1 Å². The lowest BCUT2D eigenvalue weighted by atomic mass is 9.91. The summed E-state index contributed by atoms with van der Waals surface area (Å²) in [5.41, 5.74) is 2.61. The van der Waals surface area contributed by atoms with Crippen LogP contribution in [0.4, 0.5) is 0 Å². The van der Waals surface area contributed by atoms with Gasteiger partial charge in [-0.25, -0.2) is 0 Å². The smallest absolute Gasteiger partial charge is 0.258 e. The van der Waals surface area contributed by atoms with Crippen molar-refractivity contribution in [1.29, 1.82) is 0 Å². The van der Waals surface area contributed by atoms with Crippen LogP contribution in [0.15, 0.2) is 42.5 Å². The Hall–Kier alpha value is -2.69. The minimum absolute atomic E-state index is 0.0268. The number of benzene rings is 2. The first-order chi connectivity index (χ1) is 12.8. The molecule has 1 N–H and O–H groups in total. The van der Waals surface area contributed by atoms with Crippen molar-refractivity contribution >= 4 is 5.91 Å². The Balaban J connectivity index is 1.38. The molecule has 1 aliphatic rings. The van der Waals surface area contributed by atoms with Crippen molar-refractivity contribution in [1.82, 2.24) is 5.32 Å². The van der Waals surface area contributed by atoms with Crippen molar-refractivity contribution in [3.63, 3.8) is 0 Å². The van der Waals surface area contributed by atoms with Crippen LogP contribution < -0.4 is 19.5 Å². The topological polar surface area (TPSA) is 56.8 Å². The van der Waals surface area contributed by atoms with Crippen LogP contribution in [-0.4, -0.2) is 32.8 Å². The zero-order valence-corrected chi connectivity index (χ0v) is 15.1. The van der Waals surface area contributed by atoms with Gasteiger partial charge in [0.25, 0.3) is 5.91 Å². The Kier molecular flexibility index (Phi) is 6.36. The van der Waals surface area contributed by atoms with Crippen molar-refractivity contribution in [2.24, 2.45) is 0 Å². The number of aryl methyl sites for hydroxylation is 1. The highest BCUT2D eigenvalue weighted by Gasteiger charge is 2.14. The molecule has 0 radical (unpaired) electrons. The van der Waals surface area contributed by atoms with E-state index in [0.717, 1.165) is 30.1 Å². The first kappa shape index (κ1) is 18.1. The zero-order chi connectivity index (χ0) is 18.2. The van der Waals surface area contributed by atoms with Crippen LogP contribution >= 0.6 is 0 Å². The summed E-state index contributed by atoms with van der Waals surface area (Å²) >= 11 is 0. The van der Waals surface area contributed by atoms with Gasteiger partial charge in [0.1, 0.15) is 23.9 Å². The van der Waals surface area contributed by atoms with E-state index in [1.807, 2.05) is 36.4 Å². The van der Waals surface area contributed by atoms with E-state index in [1.165, 1.54) is 24.0 Å². The average molecular weight is 355 g/mol. The Morgan fingerprint density at radius 2 is 1.77 bits per heavy atom. The lowest BCUT2D eigenvalue weighted by molar-refractivity contribution is -0.123. The largest absolute Gasteiger partial charge is 0.497 e. The van der Waals surface area contributed by atoms with E-state index in [4.69, 9.17) is 14.2 Å². The molecule has 0 aliphatic heterocycles. The fourth-order valence-corrected chi connectivity index (χ4v) is 3.11. The number of rotatable bonds is 8. The number of carbonyl (C=O) groups is 1. The van der Waals surface area contributed by atoms with Crippen LogP contribution in [0.3, 0.4) is 0 Å². The number of nitrogens with one attached hydrogen (secondary N) is 1. The van der Waals surface area contributed by atoms with Crippen LogP contribution in [0.25, 0.3) is 0 Å². The molecule has 2 aromatic carbocycles. The number of hydrogen-bond acceptors (Lipinski definition) is 4. The fraction of sp³-hybridized carbons (Fsp3) is 0.381. The predicted octanol–water partition coefficient (Wildman–Crippen LogP) is 3.15. The van der Waals surface area contributed by atoms with E-state index in [0.29, 0.717) is 13.2 Å². The van der Waals surface area contributed by atoms with E-state index >= 15 is 0 Å². The van der Waals surface area contributed by atoms with Gasteiger partial charge in [-0.1, -0.05) is 12.1 Å². The summed E-state index contributed by atoms with van der Waals surface area (Å²) in [5, 5.41) is 2.81. The molecule has 0 atom stereocenters. The summed E-state index contributed by atoms with van der Waals surface area (Å²) in [6.07, 6.45) is 4.54. The first-order valence-electron chi connectivity index (χ1n) is 9.03. The summed E-state index contributed by atoms with van der Waals surface area (Å²) in [6, 6.07) is 13.4. The summed E-state index contributed by atoms with van der Waals surface area (Å²) < 4.78 is 16.4. The number of fused-ring (bicyclic) bond motifs is 1. The van der Waals surface area contributed by atoms with Gasteiger partial charge in [0, 0.05) is 0 Å². The normalized spacial score (nSPS) is 12.8. The fourth-order valence-electron chi connectivity index (χ4n) is 3.11. The second kappa shape index (κ2) is 9.13. The standard InChI is InChI=1S/C21H25NO4/c1-24-17-9-11-18(12-10-17)25-14-13-22-21(23)15-26-20-8-4-6-16-5-2-3-7-19(16)20/h4,6,8-12H,2-3,5,7,13-15H2,1H3,(H,22,23). The lowest BCUT2D eigenvalue weighted by Gasteiger charge is -2.19. The van der Waals surface area contributed by atoms with E-state index in [1.54, 1.807) is 7.11 Å². The molecule has 1 amide bonds. The highest BCUT2D eigenvalue weighted by Crippen LogP contribution is 2.29. The molecule has 1 aliphatic carbocycles. The summed E-state index contributed by atoms with van der Waals surface area (Å²) in [7, 11) is 1.62. The summed E-state index contributed by atoms with van der Waals surface area (Å²) in [5.74, 6) is 2.22. The maximum Gasteiger partial charge on any atom is 0.258 e. The molecule has 0 heterocycles. The Morgan fingerprint density at radius 1 is 1.00 bits per heavy atom. The molecule has 0 spiro atoms. The lowest BCUT2D eigenvalue weighted by Crippen LogP contribution is -2.32. The van der Waals surface area contributed by atoms with Gasteiger partial charge < -0.3 is 19.5 Å². The average Bonchev–Trinajstić information content (AvgIpc) is 2.70. The maximum atomic E-state index is 12.0. The Bertz CT molecular complexity index is 727. The molecule has 5 nitrogen and oxygen atoms in total. The van der Waals surface area contributed by atoms with Crippen molar-refractivity contribution in [3.8, 4) is 17.2 Å². The van der Waals surface area contributed by atoms with Gasteiger partial charge in [0.05, 0.1) is 13.7 Å². The number of methoxy groups -OCH3 is 1. The molecule has 0 fully saturated rings. The van der Waals surface area contributed by atoms with E-state index in [-0.39, 0.29) is 12.5 Å². The first-order valence-corrected chi connectivity index (χ1v) is 9.03. The molecule has 0 unspecified atom stereocenters. The number of carbonyl (C=O) groups excluding carboxylic acids is 1. The molecule has 138 valence electrons. The maximum absolute atomic E-state index is 12.0. The summed E-state index contributed by atoms with van der Waals surface area (Å²) in [4.78, 5) is 12.0. The van der Waals surface area contributed by atoms with Crippen LogP contribution in [0.5, 0.6) is 17.2 Å². The highest BCUT2D eigenvalue weighted by atomic mass is 16.5. The SMILES string of the molecule is COc1ccc(OCCNC(=O)COc2cccc3c2CCCC3)cc1. The summed E-state index contributed by atoms with van der Waals surface area (Å²) in [6.45, 7) is 0.860. The second-order valence-electron chi connectivity index (χ2n) is 6.26. The van der Waals surface area contributed by atoms with Gasteiger partial charge in [-0.3, -0.25) is 4.79 Å². The van der Waals surface area contributed by atoms with Crippen LogP contribution in [0.2, 0.25) is 0 Å². The Labute approximate surface area is 154 Å². The van der Waals surface area contributed by atoms with Gasteiger partial charge in [-0.2, -0.15) is 0 Å². The van der Waals surface area contributed by atoms with Gasteiger partial charge in [0.15, 0.2) is 6.61 Å². The van der Waals surface area contributed by atoms with Gasteiger partial charge >= 0.3 is 0 Å². The van der Waals surface area contributed by atoms with Crippen molar-refractivity contribution < 1.29 is 19.0 Å². The molecule has 26 heavy (non-hydrogen) atoms. The van der Waals surface area contributed by atoms with E-state index in [2.05, 4.69) is 11.4 Å². The second-order valence-corrected chi connectivity index (χ2v) is 6.26. The minimum Gasteiger partial charge on any atom is -0.497 e. The van der Waals surface area contributed by atoms with Crippen LogP contribution in [0, 0.1) is 0 Å². The quantitative estimate of drug-likeness (QED) is 0.739. The molecule has 0 aromatic heterocycles. The third kappa shape index (κ3) is 4.91.